The van der Waals surface area contributed by atoms with Crippen molar-refractivity contribution in [2.45, 2.75) is 20.0 Å². The van der Waals surface area contributed by atoms with Gasteiger partial charge in [-0.2, -0.15) is 0 Å². The van der Waals surface area contributed by atoms with E-state index in [1.54, 1.807) is 18.1 Å². The summed E-state index contributed by atoms with van der Waals surface area (Å²) in [4.78, 5) is 14.2. The number of carbonyl (C=O) groups excluding carboxylic acids is 1. The summed E-state index contributed by atoms with van der Waals surface area (Å²) in [7, 11) is 1.63. The van der Waals surface area contributed by atoms with E-state index in [1.165, 1.54) is 6.26 Å². The molecular formula is C16H20N2O3. The third kappa shape index (κ3) is 3.64. The lowest BCUT2D eigenvalue weighted by Gasteiger charge is -2.20. The van der Waals surface area contributed by atoms with Gasteiger partial charge in [0.2, 0.25) is 0 Å². The fourth-order valence-electron chi connectivity index (χ4n) is 2.06. The van der Waals surface area contributed by atoms with E-state index < -0.39 is 0 Å². The first-order valence-corrected chi connectivity index (χ1v) is 6.87. The molecule has 0 fully saturated rings. The van der Waals surface area contributed by atoms with Crippen molar-refractivity contribution in [3.05, 3.63) is 53.5 Å². The van der Waals surface area contributed by atoms with Crippen molar-refractivity contribution in [1.82, 2.24) is 4.90 Å². The number of hydrogen-bond acceptors (Lipinski definition) is 4. The third-order valence-corrected chi connectivity index (χ3v) is 3.30. The van der Waals surface area contributed by atoms with Gasteiger partial charge in [-0.05, 0) is 30.7 Å². The summed E-state index contributed by atoms with van der Waals surface area (Å²) in [5.74, 6) is 1.35. The Labute approximate surface area is 124 Å². The summed E-state index contributed by atoms with van der Waals surface area (Å²) in [5, 5.41) is 0. The zero-order valence-corrected chi connectivity index (χ0v) is 12.3. The summed E-state index contributed by atoms with van der Waals surface area (Å²) in [5.41, 5.74) is 7.08. The minimum atomic E-state index is -0.0585. The molecule has 1 aromatic heterocycles. The molecule has 0 aliphatic heterocycles. The van der Waals surface area contributed by atoms with Crippen molar-refractivity contribution >= 4 is 5.91 Å². The van der Waals surface area contributed by atoms with Gasteiger partial charge in [0, 0.05) is 13.1 Å². The quantitative estimate of drug-likeness (QED) is 0.886. The highest BCUT2D eigenvalue weighted by atomic mass is 16.5. The molecule has 1 amide bonds. The molecule has 1 heterocycles. The maximum atomic E-state index is 12.4. The summed E-state index contributed by atoms with van der Waals surface area (Å²) in [6.07, 6.45) is 1.46. The molecule has 0 radical (unpaired) electrons. The van der Waals surface area contributed by atoms with Crippen LogP contribution in [0.4, 0.5) is 0 Å². The number of furan rings is 1. The molecule has 112 valence electrons. The number of rotatable bonds is 6. The van der Waals surface area contributed by atoms with E-state index in [1.807, 2.05) is 31.2 Å². The molecule has 0 saturated heterocycles. The van der Waals surface area contributed by atoms with Crippen LogP contribution in [0.2, 0.25) is 0 Å². The molecule has 0 spiro atoms. The zero-order chi connectivity index (χ0) is 15.2. The molecule has 2 aromatic rings. The average molecular weight is 288 g/mol. The molecule has 2 rings (SSSR count). The van der Waals surface area contributed by atoms with Crippen LogP contribution >= 0.6 is 0 Å². The van der Waals surface area contributed by atoms with E-state index in [4.69, 9.17) is 14.9 Å². The van der Waals surface area contributed by atoms with E-state index in [0.29, 0.717) is 24.4 Å². The van der Waals surface area contributed by atoms with Crippen molar-refractivity contribution in [2.24, 2.45) is 5.73 Å². The summed E-state index contributed by atoms with van der Waals surface area (Å²) in [6, 6.07) is 9.37. The molecule has 0 saturated carbocycles. The highest BCUT2D eigenvalue weighted by Crippen LogP contribution is 2.15. The van der Waals surface area contributed by atoms with Crippen molar-refractivity contribution in [3.8, 4) is 5.75 Å². The minimum Gasteiger partial charge on any atom is -0.497 e. The Bertz CT molecular complexity index is 590. The summed E-state index contributed by atoms with van der Waals surface area (Å²) < 4.78 is 10.3. The second kappa shape index (κ2) is 6.95. The molecule has 5 heteroatoms. The summed E-state index contributed by atoms with van der Waals surface area (Å²) in [6.45, 7) is 3.40. The third-order valence-electron chi connectivity index (χ3n) is 3.30. The molecule has 0 atom stereocenters. The fourth-order valence-corrected chi connectivity index (χ4v) is 2.06. The largest absolute Gasteiger partial charge is 0.497 e. The van der Waals surface area contributed by atoms with E-state index >= 15 is 0 Å². The second-order valence-corrected chi connectivity index (χ2v) is 4.67. The van der Waals surface area contributed by atoms with Gasteiger partial charge in [-0.1, -0.05) is 12.1 Å². The van der Waals surface area contributed by atoms with Crippen LogP contribution in [0.5, 0.6) is 5.75 Å². The number of amides is 1. The SMILES string of the molecule is CCN(Cc1ccc(OC)cc1)C(=O)c1coc(CN)c1. The number of carbonyl (C=O) groups is 1. The molecule has 2 N–H and O–H groups in total. The van der Waals surface area contributed by atoms with Gasteiger partial charge >= 0.3 is 0 Å². The Morgan fingerprint density at radius 2 is 2.05 bits per heavy atom. The molecule has 0 unspecified atom stereocenters. The van der Waals surface area contributed by atoms with Gasteiger partial charge in [0.05, 0.1) is 19.2 Å². The number of hydrogen-bond donors (Lipinski definition) is 1. The Morgan fingerprint density at radius 1 is 1.33 bits per heavy atom. The van der Waals surface area contributed by atoms with Crippen LogP contribution in [0, 0.1) is 0 Å². The number of methoxy groups -OCH3 is 1. The smallest absolute Gasteiger partial charge is 0.257 e. The average Bonchev–Trinajstić information content (AvgIpc) is 3.01. The number of ether oxygens (including phenoxy) is 1. The second-order valence-electron chi connectivity index (χ2n) is 4.67. The Hall–Kier alpha value is -2.27. The molecule has 0 aliphatic carbocycles. The van der Waals surface area contributed by atoms with Gasteiger partial charge in [-0.15, -0.1) is 0 Å². The van der Waals surface area contributed by atoms with Gasteiger partial charge < -0.3 is 19.8 Å². The van der Waals surface area contributed by atoms with Crippen LogP contribution in [0.1, 0.15) is 28.6 Å². The molecule has 1 aromatic carbocycles. The van der Waals surface area contributed by atoms with Gasteiger partial charge in [-0.3, -0.25) is 4.79 Å². The molecule has 0 bridgehead atoms. The van der Waals surface area contributed by atoms with Crippen LogP contribution in [-0.2, 0) is 13.1 Å². The van der Waals surface area contributed by atoms with Crippen molar-refractivity contribution in [3.63, 3.8) is 0 Å². The Kier molecular flexibility index (Phi) is 5.00. The normalized spacial score (nSPS) is 10.4. The van der Waals surface area contributed by atoms with Gasteiger partial charge in [-0.25, -0.2) is 0 Å². The lowest BCUT2D eigenvalue weighted by atomic mass is 10.2. The standard InChI is InChI=1S/C16H20N2O3/c1-3-18(10-12-4-6-14(20-2)7-5-12)16(19)13-8-15(9-17)21-11-13/h4-8,11H,3,9-10,17H2,1-2H3. The van der Waals surface area contributed by atoms with Crippen LogP contribution < -0.4 is 10.5 Å². The van der Waals surface area contributed by atoms with Gasteiger partial charge in [0.1, 0.15) is 17.8 Å². The van der Waals surface area contributed by atoms with Gasteiger partial charge in [0.15, 0.2) is 0 Å². The molecule has 21 heavy (non-hydrogen) atoms. The highest BCUT2D eigenvalue weighted by molar-refractivity contribution is 5.94. The highest BCUT2D eigenvalue weighted by Gasteiger charge is 2.17. The molecular weight excluding hydrogens is 268 g/mol. The van der Waals surface area contributed by atoms with E-state index in [-0.39, 0.29) is 12.5 Å². The van der Waals surface area contributed by atoms with Crippen LogP contribution in [-0.4, -0.2) is 24.5 Å². The number of nitrogens with zero attached hydrogens (tertiary/aromatic N) is 1. The van der Waals surface area contributed by atoms with Crippen molar-refractivity contribution in [2.75, 3.05) is 13.7 Å². The Balaban J connectivity index is 2.09. The lowest BCUT2D eigenvalue weighted by Crippen LogP contribution is -2.30. The maximum Gasteiger partial charge on any atom is 0.257 e. The van der Waals surface area contributed by atoms with Gasteiger partial charge in [0.25, 0.3) is 5.91 Å². The monoisotopic (exact) mass is 288 g/mol. The van der Waals surface area contributed by atoms with Crippen LogP contribution in [0.25, 0.3) is 0 Å². The maximum absolute atomic E-state index is 12.4. The zero-order valence-electron chi connectivity index (χ0n) is 12.3. The minimum absolute atomic E-state index is 0.0585. The van der Waals surface area contributed by atoms with Crippen LogP contribution in [0.15, 0.2) is 41.0 Å². The predicted molar refractivity (Wildman–Crippen MR) is 80.0 cm³/mol. The molecule has 5 nitrogen and oxygen atoms in total. The number of benzene rings is 1. The fraction of sp³-hybridized carbons (Fsp3) is 0.312. The first-order chi connectivity index (χ1) is 10.2. The summed E-state index contributed by atoms with van der Waals surface area (Å²) >= 11 is 0. The molecule has 0 aliphatic rings. The first kappa shape index (κ1) is 15.1. The topological polar surface area (TPSA) is 68.7 Å². The number of nitrogens with two attached hydrogens (primary N) is 1. The van der Waals surface area contributed by atoms with E-state index in [0.717, 1.165) is 11.3 Å². The van der Waals surface area contributed by atoms with Crippen molar-refractivity contribution < 1.29 is 13.9 Å². The first-order valence-electron chi connectivity index (χ1n) is 6.87. The predicted octanol–water partition coefficient (Wildman–Crippen LogP) is 2.41. The van der Waals surface area contributed by atoms with E-state index in [2.05, 4.69) is 0 Å². The Morgan fingerprint density at radius 3 is 2.57 bits per heavy atom. The van der Waals surface area contributed by atoms with Crippen LogP contribution in [0.3, 0.4) is 0 Å². The van der Waals surface area contributed by atoms with E-state index in [9.17, 15) is 4.79 Å². The lowest BCUT2D eigenvalue weighted by molar-refractivity contribution is 0.0752. The van der Waals surface area contributed by atoms with Crippen molar-refractivity contribution in [1.29, 1.82) is 0 Å².